The molecule has 3 nitrogen and oxygen atoms in total. The van der Waals surface area contributed by atoms with Crippen LogP contribution >= 0.6 is 27.5 Å². The molecule has 5 heteroatoms. The highest BCUT2D eigenvalue weighted by Gasteiger charge is 2.06. The molecular weight excluding hydrogens is 340 g/mol. The molecule has 20 heavy (non-hydrogen) atoms. The molecular formula is C15H16BrClN2O. The summed E-state index contributed by atoms with van der Waals surface area (Å²) in [5, 5.41) is 3.98. The summed E-state index contributed by atoms with van der Waals surface area (Å²) in [7, 11) is 0. The highest BCUT2D eigenvalue weighted by Crippen LogP contribution is 2.32. The monoisotopic (exact) mass is 354 g/mol. The zero-order valence-electron chi connectivity index (χ0n) is 11.3. The number of rotatable bonds is 4. The average molecular weight is 356 g/mol. The van der Waals surface area contributed by atoms with E-state index in [1.807, 2.05) is 50.2 Å². The molecule has 3 N–H and O–H groups in total. The van der Waals surface area contributed by atoms with Gasteiger partial charge in [0.15, 0.2) is 0 Å². The topological polar surface area (TPSA) is 47.3 Å². The Hall–Kier alpha value is -1.39. The molecule has 0 atom stereocenters. The first-order valence-corrected chi connectivity index (χ1v) is 7.41. The molecule has 0 saturated carbocycles. The maximum Gasteiger partial charge on any atom is 0.144 e. The van der Waals surface area contributed by atoms with E-state index in [0.29, 0.717) is 16.5 Å². The maximum atomic E-state index is 5.93. The van der Waals surface area contributed by atoms with Crippen LogP contribution in [0, 0.1) is 0 Å². The van der Waals surface area contributed by atoms with Crippen molar-refractivity contribution in [3.8, 4) is 5.75 Å². The number of nitrogen functional groups attached to an aromatic ring is 1. The van der Waals surface area contributed by atoms with E-state index in [9.17, 15) is 0 Å². The van der Waals surface area contributed by atoms with Crippen molar-refractivity contribution < 1.29 is 4.74 Å². The third-order valence-electron chi connectivity index (χ3n) is 2.59. The minimum absolute atomic E-state index is 0.0785. The van der Waals surface area contributed by atoms with Crippen molar-refractivity contribution in [3.63, 3.8) is 0 Å². The molecule has 0 aliphatic heterocycles. The Morgan fingerprint density at radius 1 is 1.20 bits per heavy atom. The zero-order chi connectivity index (χ0) is 14.7. The number of anilines is 3. The summed E-state index contributed by atoms with van der Waals surface area (Å²) in [6, 6.07) is 11.2. The Bertz CT molecular complexity index is 617. The number of nitrogens with two attached hydrogens (primary N) is 1. The first kappa shape index (κ1) is 15.0. The molecule has 0 bridgehead atoms. The van der Waals surface area contributed by atoms with Crippen LogP contribution < -0.4 is 15.8 Å². The van der Waals surface area contributed by atoms with Crippen molar-refractivity contribution >= 4 is 44.6 Å². The summed E-state index contributed by atoms with van der Waals surface area (Å²) >= 11 is 9.40. The van der Waals surface area contributed by atoms with Gasteiger partial charge in [0.2, 0.25) is 0 Å². The van der Waals surface area contributed by atoms with Crippen molar-refractivity contribution in [1.82, 2.24) is 0 Å². The van der Waals surface area contributed by atoms with Gasteiger partial charge in [-0.1, -0.05) is 11.6 Å². The molecule has 0 heterocycles. The van der Waals surface area contributed by atoms with E-state index in [2.05, 4.69) is 21.2 Å². The smallest absolute Gasteiger partial charge is 0.144 e. The van der Waals surface area contributed by atoms with Gasteiger partial charge in [0.1, 0.15) is 5.75 Å². The van der Waals surface area contributed by atoms with Gasteiger partial charge in [0.05, 0.1) is 17.5 Å². The summed E-state index contributed by atoms with van der Waals surface area (Å²) in [5.41, 5.74) is 8.35. The van der Waals surface area contributed by atoms with Gasteiger partial charge in [-0.3, -0.25) is 0 Å². The van der Waals surface area contributed by atoms with Crippen LogP contribution in [0.25, 0.3) is 0 Å². The van der Waals surface area contributed by atoms with E-state index in [0.717, 1.165) is 15.8 Å². The fraction of sp³-hybridized carbons (Fsp3) is 0.200. The Labute approximate surface area is 132 Å². The molecule has 2 aromatic rings. The summed E-state index contributed by atoms with van der Waals surface area (Å²) in [5.74, 6) is 0.676. The number of halogens is 2. The van der Waals surface area contributed by atoms with Crippen molar-refractivity contribution in [1.29, 1.82) is 0 Å². The highest BCUT2D eigenvalue weighted by molar-refractivity contribution is 9.10. The number of hydrogen-bond acceptors (Lipinski definition) is 3. The number of nitrogens with one attached hydrogen (secondary N) is 1. The standard InChI is InChI=1S/C15H16BrClN2O/c1-9(2)20-15-8-11(4-5-13(15)18)19-14-6-3-10(17)7-12(14)16/h3-9,19H,18H2,1-2H3. The lowest BCUT2D eigenvalue weighted by molar-refractivity contribution is 0.244. The normalized spacial score (nSPS) is 10.7. The quantitative estimate of drug-likeness (QED) is 0.740. The first-order chi connectivity index (χ1) is 9.45. The minimum Gasteiger partial charge on any atom is -0.489 e. The lowest BCUT2D eigenvalue weighted by Gasteiger charge is -2.15. The van der Waals surface area contributed by atoms with Crippen LogP contribution in [-0.4, -0.2) is 6.10 Å². The molecule has 0 spiro atoms. The largest absolute Gasteiger partial charge is 0.489 e. The van der Waals surface area contributed by atoms with Crippen LogP contribution in [0.1, 0.15) is 13.8 Å². The lowest BCUT2D eigenvalue weighted by atomic mass is 10.2. The maximum absolute atomic E-state index is 5.93. The van der Waals surface area contributed by atoms with Crippen LogP contribution in [0.15, 0.2) is 40.9 Å². The molecule has 0 unspecified atom stereocenters. The first-order valence-electron chi connectivity index (χ1n) is 6.24. The Morgan fingerprint density at radius 3 is 2.60 bits per heavy atom. The van der Waals surface area contributed by atoms with E-state index < -0.39 is 0 Å². The van der Waals surface area contributed by atoms with Gasteiger partial charge in [0.25, 0.3) is 0 Å². The van der Waals surface area contributed by atoms with Gasteiger partial charge in [-0.05, 0) is 60.1 Å². The Balaban J connectivity index is 2.25. The van der Waals surface area contributed by atoms with Crippen molar-refractivity contribution in [3.05, 3.63) is 45.9 Å². The lowest BCUT2D eigenvalue weighted by Crippen LogP contribution is -2.07. The molecule has 0 amide bonds. The molecule has 0 aromatic heterocycles. The van der Waals surface area contributed by atoms with Crippen LogP contribution in [-0.2, 0) is 0 Å². The molecule has 0 aliphatic rings. The molecule has 0 saturated heterocycles. The van der Waals surface area contributed by atoms with E-state index >= 15 is 0 Å². The molecule has 0 radical (unpaired) electrons. The molecule has 0 fully saturated rings. The highest BCUT2D eigenvalue weighted by atomic mass is 79.9. The van der Waals surface area contributed by atoms with Gasteiger partial charge < -0.3 is 15.8 Å². The fourth-order valence-electron chi connectivity index (χ4n) is 1.71. The number of benzene rings is 2. The molecule has 2 rings (SSSR count). The fourth-order valence-corrected chi connectivity index (χ4v) is 2.50. The SMILES string of the molecule is CC(C)Oc1cc(Nc2ccc(Cl)cc2Br)ccc1N. The second-order valence-corrected chi connectivity index (χ2v) is 5.96. The predicted molar refractivity (Wildman–Crippen MR) is 89.1 cm³/mol. The van der Waals surface area contributed by atoms with E-state index in [-0.39, 0.29) is 6.10 Å². The second-order valence-electron chi connectivity index (χ2n) is 4.67. The summed E-state index contributed by atoms with van der Waals surface area (Å²) < 4.78 is 6.57. The molecule has 106 valence electrons. The summed E-state index contributed by atoms with van der Waals surface area (Å²) in [4.78, 5) is 0. The number of ether oxygens (including phenoxy) is 1. The third kappa shape index (κ3) is 3.81. The van der Waals surface area contributed by atoms with Crippen molar-refractivity contribution in [2.75, 3.05) is 11.1 Å². The summed E-state index contributed by atoms with van der Waals surface area (Å²) in [6.45, 7) is 3.94. The average Bonchev–Trinajstić information content (AvgIpc) is 2.36. The zero-order valence-corrected chi connectivity index (χ0v) is 13.6. The van der Waals surface area contributed by atoms with Gasteiger partial charge in [-0.25, -0.2) is 0 Å². The van der Waals surface area contributed by atoms with E-state index in [4.69, 9.17) is 22.1 Å². The molecule has 0 aliphatic carbocycles. The van der Waals surface area contributed by atoms with Crippen molar-refractivity contribution in [2.24, 2.45) is 0 Å². The van der Waals surface area contributed by atoms with Gasteiger partial charge in [-0.2, -0.15) is 0 Å². The van der Waals surface area contributed by atoms with Crippen LogP contribution in [0.5, 0.6) is 5.75 Å². The van der Waals surface area contributed by atoms with Gasteiger partial charge >= 0.3 is 0 Å². The van der Waals surface area contributed by atoms with E-state index in [1.165, 1.54) is 0 Å². The second kappa shape index (κ2) is 6.37. The van der Waals surface area contributed by atoms with Gasteiger partial charge in [0, 0.05) is 21.2 Å². The van der Waals surface area contributed by atoms with Crippen LogP contribution in [0.2, 0.25) is 5.02 Å². The number of hydrogen-bond donors (Lipinski definition) is 2. The van der Waals surface area contributed by atoms with Crippen LogP contribution in [0.4, 0.5) is 17.1 Å². The Kier molecular flexibility index (Phi) is 4.78. The molecule has 2 aromatic carbocycles. The summed E-state index contributed by atoms with van der Waals surface area (Å²) in [6.07, 6.45) is 0.0785. The van der Waals surface area contributed by atoms with Gasteiger partial charge in [-0.15, -0.1) is 0 Å². The third-order valence-corrected chi connectivity index (χ3v) is 3.48. The van der Waals surface area contributed by atoms with Crippen molar-refractivity contribution in [2.45, 2.75) is 20.0 Å². The Morgan fingerprint density at radius 2 is 1.95 bits per heavy atom. The van der Waals surface area contributed by atoms with Crippen LogP contribution in [0.3, 0.4) is 0 Å². The predicted octanol–water partition coefficient (Wildman–Crippen LogP) is 5.22. The van der Waals surface area contributed by atoms with E-state index in [1.54, 1.807) is 0 Å². The minimum atomic E-state index is 0.0785.